The molecule has 0 amide bonds. The molecule has 7 nitrogen and oxygen atoms in total. The zero-order valence-electron chi connectivity index (χ0n) is 15.9. The molecule has 2 heterocycles. The highest BCUT2D eigenvalue weighted by molar-refractivity contribution is 5.87. The van der Waals surface area contributed by atoms with Crippen LogP contribution in [0.25, 0.3) is 11.0 Å². The number of anilines is 2. The van der Waals surface area contributed by atoms with Crippen molar-refractivity contribution in [3.63, 3.8) is 0 Å². The molecule has 7 heteroatoms. The fraction of sp³-hybridized carbons (Fsp3) is 0.400. The number of nitrogens with one attached hydrogen (secondary N) is 1. The summed E-state index contributed by atoms with van der Waals surface area (Å²) in [6.45, 7) is 2.93. The lowest BCUT2D eigenvalue weighted by molar-refractivity contribution is 0.276. The molecule has 0 spiro atoms. The number of rotatable bonds is 9. The molecule has 0 radical (unpaired) electrons. The van der Waals surface area contributed by atoms with Crippen molar-refractivity contribution < 1.29 is 9.84 Å². The summed E-state index contributed by atoms with van der Waals surface area (Å²) in [6, 6.07) is 10.1. The zero-order chi connectivity index (χ0) is 19.2. The standard InChI is InChI=1S/C20H27N5O2/c1-3-5-15(9-11-26)22-19-18-17(23-20(21)24-19)8-10-25(18)13-14-6-4-7-16(12-14)27-2/h4,6-8,10,12,15,26H,3,5,9,11,13H2,1-2H3,(H3,21,22,23,24)/t15-/m0/s1. The van der Waals surface area contributed by atoms with Gasteiger partial charge in [-0.05, 0) is 36.6 Å². The second-order valence-corrected chi connectivity index (χ2v) is 6.60. The predicted molar refractivity (Wildman–Crippen MR) is 108 cm³/mol. The van der Waals surface area contributed by atoms with Crippen molar-refractivity contribution in [2.75, 3.05) is 24.8 Å². The summed E-state index contributed by atoms with van der Waals surface area (Å²) in [7, 11) is 1.66. The summed E-state index contributed by atoms with van der Waals surface area (Å²) >= 11 is 0. The van der Waals surface area contributed by atoms with Gasteiger partial charge in [-0.1, -0.05) is 25.5 Å². The van der Waals surface area contributed by atoms with E-state index in [4.69, 9.17) is 10.5 Å². The molecule has 1 aromatic carbocycles. The quantitative estimate of drug-likeness (QED) is 0.536. The number of aliphatic hydroxyl groups excluding tert-OH is 1. The fourth-order valence-corrected chi connectivity index (χ4v) is 3.31. The van der Waals surface area contributed by atoms with Gasteiger partial charge in [-0.25, -0.2) is 4.98 Å². The first-order chi connectivity index (χ1) is 13.1. The van der Waals surface area contributed by atoms with Crippen molar-refractivity contribution in [3.05, 3.63) is 42.1 Å². The second-order valence-electron chi connectivity index (χ2n) is 6.60. The van der Waals surface area contributed by atoms with Crippen molar-refractivity contribution in [1.29, 1.82) is 0 Å². The number of aliphatic hydroxyl groups is 1. The molecule has 0 bridgehead atoms. The van der Waals surface area contributed by atoms with Gasteiger partial charge in [0.25, 0.3) is 0 Å². The Kier molecular flexibility index (Phi) is 6.13. The summed E-state index contributed by atoms with van der Waals surface area (Å²) in [4.78, 5) is 8.81. The van der Waals surface area contributed by atoms with Crippen LogP contribution in [0.3, 0.4) is 0 Å². The Morgan fingerprint density at radius 2 is 2.11 bits per heavy atom. The monoisotopic (exact) mass is 369 g/mol. The fourth-order valence-electron chi connectivity index (χ4n) is 3.31. The molecule has 0 aliphatic heterocycles. The second kappa shape index (κ2) is 8.73. The number of nitrogens with zero attached hydrogens (tertiary/aromatic N) is 3. The van der Waals surface area contributed by atoms with Crippen molar-refractivity contribution in [2.45, 2.75) is 38.8 Å². The number of aromatic nitrogens is 3. The maximum Gasteiger partial charge on any atom is 0.222 e. The van der Waals surface area contributed by atoms with Gasteiger partial charge in [0, 0.05) is 25.4 Å². The Morgan fingerprint density at radius 3 is 2.85 bits per heavy atom. The van der Waals surface area contributed by atoms with E-state index in [-0.39, 0.29) is 18.6 Å². The molecule has 3 rings (SSSR count). The highest BCUT2D eigenvalue weighted by Crippen LogP contribution is 2.26. The highest BCUT2D eigenvalue weighted by atomic mass is 16.5. The van der Waals surface area contributed by atoms with Gasteiger partial charge in [0.05, 0.1) is 12.6 Å². The Morgan fingerprint density at radius 1 is 1.26 bits per heavy atom. The van der Waals surface area contributed by atoms with E-state index in [1.54, 1.807) is 7.11 Å². The van der Waals surface area contributed by atoms with Crippen LogP contribution >= 0.6 is 0 Å². The van der Waals surface area contributed by atoms with Crippen molar-refractivity contribution >= 4 is 22.8 Å². The van der Waals surface area contributed by atoms with Crippen LogP contribution in [0.5, 0.6) is 5.75 Å². The van der Waals surface area contributed by atoms with Gasteiger partial charge in [0.1, 0.15) is 11.3 Å². The molecule has 0 aliphatic rings. The number of methoxy groups -OCH3 is 1. The lowest BCUT2D eigenvalue weighted by Crippen LogP contribution is -2.22. The minimum Gasteiger partial charge on any atom is -0.497 e. The molecular formula is C20H27N5O2. The molecule has 144 valence electrons. The smallest absolute Gasteiger partial charge is 0.222 e. The topological polar surface area (TPSA) is 98.2 Å². The van der Waals surface area contributed by atoms with Crippen molar-refractivity contribution in [1.82, 2.24) is 14.5 Å². The van der Waals surface area contributed by atoms with E-state index >= 15 is 0 Å². The summed E-state index contributed by atoms with van der Waals surface area (Å²) in [5.41, 5.74) is 8.74. The third-order valence-electron chi connectivity index (χ3n) is 4.57. The van der Waals surface area contributed by atoms with Crippen LogP contribution in [-0.2, 0) is 6.54 Å². The van der Waals surface area contributed by atoms with E-state index in [1.807, 2.05) is 30.5 Å². The molecule has 4 N–H and O–H groups in total. The first-order valence-corrected chi connectivity index (χ1v) is 9.27. The summed E-state index contributed by atoms with van der Waals surface area (Å²) in [5.74, 6) is 1.77. The minimum absolute atomic E-state index is 0.131. The number of hydrogen-bond acceptors (Lipinski definition) is 6. The molecule has 0 saturated carbocycles. The van der Waals surface area contributed by atoms with E-state index in [2.05, 4.69) is 32.8 Å². The van der Waals surface area contributed by atoms with E-state index in [1.165, 1.54) is 0 Å². The Labute approximate surface area is 159 Å². The lowest BCUT2D eigenvalue weighted by Gasteiger charge is -2.19. The van der Waals surface area contributed by atoms with E-state index in [9.17, 15) is 5.11 Å². The summed E-state index contributed by atoms with van der Waals surface area (Å²) < 4.78 is 7.43. The van der Waals surface area contributed by atoms with Crippen molar-refractivity contribution in [2.24, 2.45) is 0 Å². The van der Waals surface area contributed by atoms with Crippen LogP contribution in [0.15, 0.2) is 36.5 Å². The first-order valence-electron chi connectivity index (χ1n) is 9.27. The third-order valence-corrected chi connectivity index (χ3v) is 4.57. The average molecular weight is 369 g/mol. The Hall–Kier alpha value is -2.80. The molecule has 0 fully saturated rings. The molecule has 27 heavy (non-hydrogen) atoms. The predicted octanol–water partition coefficient (Wildman–Crippen LogP) is 3.03. The van der Waals surface area contributed by atoms with Gasteiger partial charge in [-0.2, -0.15) is 4.98 Å². The molecular weight excluding hydrogens is 342 g/mol. The van der Waals surface area contributed by atoms with Gasteiger partial charge < -0.3 is 25.5 Å². The maximum absolute atomic E-state index is 9.35. The first kappa shape index (κ1) is 19.0. The van der Waals surface area contributed by atoms with Crippen LogP contribution in [-0.4, -0.2) is 39.4 Å². The number of benzene rings is 1. The SMILES string of the molecule is CCC[C@@H](CCO)Nc1nc(N)nc2ccn(Cc3cccc(OC)c3)c12. The molecule has 0 saturated heterocycles. The minimum atomic E-state index is 0.131. The Balaban J connectivity index is 1.96. The number of hydrogen-bond donors (Lipinski definition) is 3. The van der Waals surface area contributed by atoms with Crippen molar-refractivity contribution in [3.8, 4) is 5.75 Å². The largest absolute Gasteiger partial charge is 0.497 e. The third kappa shape index (κ3) is 4.49. The molecule has 0 aliphatic carbocycles. The number of ether oxygens (including phenoxy) is 1. The number of fused-ring (bicyclic) bond motifs is 1. The van der Waals surface area contributed by atoms with Gasteiger partial charge in [-0.3, -0.25) is 0 Å². The van der Waals surface area contributed by atoms with E-state index in [0.29, 0.717) is 18.8 Å². The Bertz CT molecular complexity index is 887. The number of nitrogen functional groups attached to an aromatic ring is 1. The van der Waals surface area contributed by atoms with E-state index < -0.39 is 0 Å². The molecule has 2 aromatic heterocycles. The highest BCUT2D eigenvalue weighted by Gasteiger charge is 2.15. The maximum atomic E-state index is 9.35. The van der Waals surface area contributed by atoms with Crippen LogP contribution < -0.4 is 15.8 Å². The normalized spacial score (nSPS) is 12.3. The van der Waals surface area contributed by atoms with Crippen LogP contribution in [0.4, 0.5) is 11.8 Å². The lowest BCUT2D eigenvalue weighted by atomic mass is 10.1. The zero-order valence-corrected chi connectivity index (χ0v) is 15.9. The van der Waals surface area contributed by atoms with E-state index in [0.717, 1.165) is 35.2 Å². The summed E-state index contributed by atoms with van der Waals surface area (Å²) in [5, 5.41) is 12.8. The average Bonchev–Trinajstić information content (AvgIpc) is 3.05. The van der Waals surface area contributed by atoms with Crippen LogP contribution in [0.1, 0.15) is 31.7 Å². The van der Waals surface area contributed by atoms with Gasteiger partial charge in [0.15, 0.2) is 5.82 Å². The van der Waals surface area contributed by atoms with Gasteiger partial charge in [0.2, 0.25) is 5.95 Å². The summed E-state index contributed by atoms with van der Waals surface area (Å²) in [6.07, 6.45) is 4.62. The number of nitrogens with two attached hydrogens (primary N) is 1. The van der Waals surface area contributed by atoms with Gasteiger partial charge in [-0.15, -0.1) is 0 Å². The van der Waals surface area contributed by atoms with Crippen LogP contribution in [0, 0.1) is 0 Å². The molecule has 3 aromatic rings. The van der Waals surface area contributed by atoms with Crippen LogP contribution in [0.2, 0.25) is 0 Å². The molecule has 0 unspecified atom stereocenters. The molecule has 1 atom stereocenters. The van der Waals surface area contributed by atoms with Gasteiger partial charge >= 0.3 is 0 Å².